The number of Topliss-reactive ketones (excluding diaryl/α,β-unsaturated/α-hetero) is 2. The third-order valence-corrected chi connectivity index (χ3v) is 7.99. The fourth-order valence-corrected chi connectivity index (χ4v) is 6.27. The molecule has 2 saturated heterocycles. The molecule has 2 heterocycles. The lowest BCUT2D eigenvalue weighted by molar-refractivity contribution is -0.127. The van der Waals surface area contributed by atoms with Gasteiger partial charge in [0.15, 0.2) is 0 Å². The van der Waals surface area contributed by atoms with E-state index in [9.17, 15) is 19.2 Å². The number of imide groups is 1. The van der Waals surface area contributed by atoms with E-state index in [2.05, 4.69) is 0 Å². The third kappa shape index (κ3) is 2.79. The first kappa shape index (κ1) is 22.1. The van der Waals surface area contributed by atoms with Gasteiger partial charge in [-0.3, -0.25) is 19.2 Å². The summed E-state index contributed by atoms with van der Waals surface area (Å²) in [6.07, 6.45) is -0.980. The van der Waals surface area contributed by atoms with E-state index < -0.39 is 46.9 Å². The summed E-state index contributed by atoms with van der Waals surface area (Å²) in [5, 5.41) is 2.19. The van der Waals surface area contributed by atoms with Crippen molar-refractivity contribution >= 4 is 51.4 Å². The molecule has 0 saturated carbocycles. The lowest BCUT2D eigenvalue weighted by Gasteiger charge is -2.27. The maximum atomic E-state index is 14.0. The van der Waals surface area contributed by atoms with E-state index in [4.69, 9.17) is 16.3 Å². The van der Waals surface area contributed by atoms with Gasteiger partial charge in [-0.25, -0.2) is 4.90 Å². The molecule has 2 aliphatic heterocycles. The molecule has 0 N–H and O–H groups in total. The minimum atomic E-state index is -2.11. The molecule has 7 heteroatoms. The average Bonchev–Trinajstić information content (AvgIpc) is 3.49. The minimum Gasteiger partial charge on any atom is -0.349 e. The largest absolute Gasteiger partial charge is 0.349 e. The Labute approximate surface area is 216 Å². The third-order valence-electron chi connectivity index (χ3n) is 7.73. The number of amides is 2. The Hall–Kier alpha value is -4.13. The molecule has 180 valence electrons. The van der Waals surface area contributed by atoms with Gasteiger partial charge in [0.05, 0.1) is 23.6 Å². The van der Waals surface area contributed by atoms with Crippen LogP contribution < -0.4 is 4.90 Å². The summed E-state index contributed by atoms with van der Waals surface area (Å²) >= 11 is 6.04. The van der Waals surface area contributed by atoms with E-state index in [0.29, 0.717) is 16.3 Å². The van der Waals surface area contributed by atoms with Crippen LogP contribution in [0.1, 0.15) is 32.4 Å². The number of benzene rings is 4. The molecule has 0 unspecified atom stereocenters. The molecular weight excluding hydrogens is 490 g/mol. The second-order valence-electron chi connectivity index (χ2n) is 9.54. The maximum Gasteiger partial charge on any atom is 0.241 e. The molecule has 6 nitrogen and oxygen atoms in total. The van der Waals surface area contributed by atoms with Gasteiger partial charge in [0.1, 0.15) is 0 Å². The van der Waals surface area contributed by atoms with Crippen molar-refractivity contribution in [1.82, 2.24) is 0 Å². The first-order valence-electron chi connectivity index (χ1n) is 11.9. The highest BCUT2D eigenvalue weighted by Crippen LogP contribution is 2.58. The highest BCUT2D eigenvalue weighted by atomic mass is 35.5. The van der Waals surface area contributed by atoms with E-state index in [1.807, 2.05) is 42.5 Å². The van der Waals surface area contributed by atoms with Crippen LogP contribution in [-0.2, 0) is 14.3 Å². The lowest BCUT2D eigenvalue weighted by atomic mass is 9.77. The zero-order chi connectivity index (χ0) is 25.5. The molecule has 1 spiro atoms. The molecule has 37 heavy (non-hydrogen) atoms. The van der Waals surface area contributed by atoms with E-state index in [1.54, 1.807) is 48.5 Å². The van der Waals surface area contributed by atoms with Gasteiger partial charge in [0.2, 0.25) is 29.0 Å². The molecule has 0 aromatic heterocycles. The molecule has 0 radical (unpaired) electrons. The summed E-state index contributed by atoms with van der Waals surface area (Å²) in [4.78, 5) is 56.9. The number of rotatable bonds is 2. The standard InChI is InChI=1S/C30H18ClNO5/c31-17-12-14-18(15-13-17)32-28(35)23-24(29(32)36)30(26(33)21-9-3-4-10-22(21)27(30)34)37-25(23)20-11-5-7-16-6-1-2-8-19(16)20/h1-15,23-25H/t23-,24-,25-/m0/s1. The van der Waals surface area contributed by atoms with Gasteiger partial charge in [-0.15, -0.1) is 0 Å². The fraction of sp³-hybridized carbons (Fsp3) is 0.133. The first-order chi connectivity index (χ1) is 17.9. The van der Waals surface area contributed by atoms with Crippen LogP contribution in [0.5, 0.6) is 0 Å². The Bertz CT molecular complexity index is 1640. The minimum absolute atomic E-state index is 0.204. The Morgan fingerprint density at radius 1 is 0.703 bits per heavy atom. The summed E-state index contributed by atoms with van der Waals surface area (Å²) in [5.74, 6) is -4.66. The van der Waals surface area contributed by atoms with Crippen LogP contribution >= 0.6 is 11.6 Å². The van der Waals surface area contributed by atoms with Crippen molar-refractivity contribution in [2.24, 2.45) is 11.8 Å². The molecule has 2 fully saturated rings. The van der Waals surface area contributed by atoms with Crippen LogP contribution in [0.25, 0.3) is 10.8 Å². The number of carbonyl (C=O) groups excluding carboxylic acids is 4. The SMILES string of the molecule is O=C1[C@H]2[C@@H](C(=O)N1c1ccc(Cl)cc1)C1(O[C@H]2c2cccc3ccccc23)C(=O)c2ccccc2C1=O. The van der Waals surface area contributed by atoms with Crippen LogP contribution in [0.4, 0.5) is 5.69 Å². The Morgan fingerprint density at radius 2 is 1.32 bits per heavy atom. The predicted molar refractivity (Wildman–Crippen MR) is 137 cm³/mol. The number of fused-ring (bicyclic) bond motifs is 4. The number of hydrogen-bond donors (Lipinski definition) is 0. The number of nitrogens with zero attached hydrogens (tertiary/aromatic N) is 1. The normalized spacial score (nSPS) is 23.8. The van der Waals surface area contributed by atoms with Gasteiger partial charge in [0, 0.05) is 16.1 Å². The van der Waals surface area contributed by atoms with Crippen molar-refractivity contribution in [2.75, 3.05) is 4.90 Å². The molecule has 3 atom stereocenters. The zero-order valence-electron chi connectivity index (χ0n) is 19.3. The Morgan fingerprint density at radius 3 is 2.03 bits per heavy atom. The number of hydrogen-bond acceptors (Lipinski definition) is 5. The molecule has 0 bridgehead atoms. The quantitative estimate of drug-likeness (QED) is 0.275. The summed E-state index contributed by atoms with van der Waals surface area (Å²) in [6, 6.07) is 26.0. The Balaban J connectivity index is 1.46. The summed E-state index contributed by atoms with van der Waals surface area (Å²) in [7, 11) is 0. The molecule has 3 aliphatic rings. The second kappa shape index (κ2) is 7.68. The van der Waals surface area contributed by atoms with Crippen molar-refractivity contribution < 1.29 is 23.9 Å². The predicted octanol–water partition coefficient (Wildman–Crippen LogP) is 5.19. The van der Waals surface area contributed by atoms with Crippen molar-refractivity contribution in [3.63, 3.8) is 0 Å². The van der Waals surface area contributed by atoms with Gasteiger partial charge < -0.3 is 4.74 Å². The van der Waals surface area contributed by atoms with Crippen LogP contribution in [-0.4, -0.2) is 29.0 Å². The second-order valence-corrected chi connectivity index (χ2v) is 9.97. The summed E-state index contributed by atoms with van der Waals surface area (Å²) in [6.45, 7) is 0. The summed E-state index contributed by atoms with van der Waals surface area (Å²) in [5.41, 5.74) is -0.717. The molecule has 2 amide bonds. The van der Waals surface area contributed by atoms with Crippen molar-refractivity contribution in [3.05, 3.63) is 113 Å². The van der Waals surface area contributed by atoms with E-state index >= 15 is 0 Å². The van der Waals surface area contributed by atoms with Gasteiger partial charge in [-0.1, -0.05) is 78.3 Å². The molecule has 4 aromatic carbocycles. The van der Waals surface area contributed by atoms with Crippen molar-refractivity contribution in [1.29, 1.82) is 0 Å². The highest BCUT2D eigenvalue weighted by Gasteiger charge is 2.74. The van der Waals surface area contributed by atoms with Crippen LogP contribution in [0.15, 0.2) is 91.0 Å². The molecular formula is C30H18ClNO5. The van der Waals surface area contributed by atoms with Crippen LogP contribution in [0, 0.1) is 11.8 Å². The van der Waals surface area contributed by atoms with Gasteiger partial charge >= 0.3 is 0 Å². The zero-order valence-corrected chi connectivity index (χ0v) is 20.0. The van der Waals surface area contributed by atoms with Crippen LogP contribution in [0.2, 0.25) is 5.02 Å². The monoisotopic (exact) mass is 507 g/mol. The number of ketones is 2. The highest BCUT2D eigenvalue weighted by molar-refractivity contribution is 6.37. The number of halogens is 1. The van der Waals surface area contributed by atoms with E-state index in [0.717, 1.165) is 15.7 Å². The molecule has 7 rings (SSSR count). The Kier molecular flexibility index (Phi) is 4.59. The van der Waals surface area contributed by atoms with Gasteiger partial charge in [-0.2, -0.15) is 0 Å². The topological polar surface area (TPSA) is 80.8 Å². The molecule has 4 aromatic rings. The number of ether oxygens (including phenoxy) is 1. The molecule has 1 aliphatic carbocycles. The maximum absolute atomic E-state index is 14.0. The average molecular weight is 508 g/mol. The lowest BCUT2D eigenvalue weighted by Crippen LogP contribution is -2.51. The summed E-state index contributed by atoms with van der Waals surface area (Å²) < 4.78 is 6.43. The number of carbonyl (C=O) groups is 4. The fourth-order valence-electron chi connectivity index (χ4n) is 6.14. The number of anilines is 1. The van der Waals surface area contributed by atoms with Crippen molar-refractivity contribution in [2.45, 2.75) is 11.7 Å². The first-order valence-corrected chi connectivity index (χ1v) is 12.3. The van der Waals surface area contributed by atoms with Crippen molar-refractivity contribution in [3.8, 4) is 0 Å². The van der Waals surface area contributed by atoms with E-state index in [1.165, 1.54) is 0 Å². The van der Waals surface area contributed by atoms with E-state index in [-0.39, 0.29) is 11.1 Å². The van der Waals surface area contributed by atoms with Crippen LogP contribution in [0.3, 0.4) is 0 Å². The van der Waals surface area contributed by atoms with Gasteiger partial charge in [0.25, 0.3) is 0 Å². The van der Waals surface area contributed by atoms with Gasteiger partial charge in [-0.05, 0) is 40.6 Å². The smallest absolute Gasteiger partial charge is 0.241 e.